The number of hydrogen-bond donors (Lipinski definition) is 2. The van der Waals surface area contributed by atoms with Crippen LogP contribution in [0, 0.1) is 5.92 Å². The van der Waals surface area contributed by atoms with E-state index < -0.39 is 0 Å². The summed E-state index contributed by atoms with van der Waals surface area (Å²) in [5, 5.41) is 5.46. The van der Waals surface area contributed by atoms with E-state index in [1.807, 2.05) is 18.2 Å². The Bertz CT molecular complexity index is 540. The lowest BCUT2D eigenvalue weighted by atomic mass is 10.1. The number of aromatic nitrogens is 1. The second-order valence-electron chi connectivity index (χ2n) is 5.02. The Kier molecular flexibility index (Phi) is 4.58. The summed E-state index contributed by atoms with van der Waals surface area (Å²) >= 11 is 0. The normalized spacial score (nSPS) is 11.1. The number of nitrogens with two attached hydrogens (primary N) is 1. The molecular formula is C15H21N3O. The zero-order valence-electron chi connectivity index (χ0n) is 11.5. The molecule has 19 heavy (non-hydrogen) atoms. The number of nitrogens with zero attached hydrogens (tertiary/aromatic N) is 1. The Morgan fingerprint density at radius 2 is 2.11 bits per heavy atom. The molecule has 2 aromatic rings. The van der Waals surface area contributed by atoms with Gasteiger partial charge in [-0.05, 0) is 24.1 Å². The van der Waals surface area contributed by atoms with Gasteiger partial charge in [0.25, 0.3) is 0 Å². The highest BCUT2D eigenvalue weighted by Crippen LogP contribution is 2.27. The van der Waals surface area contributed by atoms with Crippen LogP contribution in [0.15, 0.2) is 30.6 Å². The van der Waals surface area contributed by atoms with E-state index in [0.29, 0.717) is 12.5 Å². The molecule has 4 heteroatoms. The average molecular weight is 259 g/mol. The van der Waals surface area contributed by atoms with E-state index in [1.165, 1.54) is 0 Å². The van der Waals surface area contributed by atoms with Crippen LogP contribution in [-0.2, 0) is 4.74 Å². The molecule has 0 aliphatic rings. The number of ether oxygens (including phenoxy) is 1. The van der Waals surface area contributed by atoms with Gasteiger partial charge < -0.3 is 15.8 Å². The molecule has 0 atom stereocenters. The van der Waals surface area contributed by atoms with E-state index in [1.54, 1.807) is 12.4 Å². The monoisotopic (exact) mass is 259 g/mol. The van der Waals surface area contributed by atoms with Gasteiger partial charge in [0.1, 0.15) is 0 Å². The predicted molar refractivity (Wildman–Crippen MR) is 80.3 cm³/mol. The van der Waals surface area contributed by atoms with Gasteiger partial charge >= 0.3 is 0 Å². The average Bonchev–Trinajstić information content (AvgIpc) is 2.41. The molecule has 0 saturated heterocycles. The van der Waals surface area contributed by atoms with Crippen molar-refractivity contribution in [1.82, 2.24) is 4.98 Å². The first-order valence-corrected chi connectivity index (χ1v) is 6.62. The van der Waals surface area contributed by atoms with Crippen molar-refractivity contribution in [3.63, 3.8) is 0 Å². The van der Waals surface area contributed by atoms with Crippen molar-refractivity contribution in [3.05, 3.63) is 30.6 Å². The van der Waals surface area contributed by atoms with Crippen molar-refractivity contribution in [2.24, 2.45) is 5.92 Å². The lowest BCUT2D eigenvalue weighted by molar-refractivity contribution is 0.118. The summed E-state index contributed by atoms with van der Waals surface area (Å²) in [6.45, 7) is 6.58. The fraction of sp³-hybridized carbons (Fsp3) is 0.400. The van der Waals surface area contributed by atoms with Crippen molar-refractivity contribution < 1.29 is 4.74 Å². The summed E-state index contributed by atoms with van der Waals surface area (Å²) in [4.78, 5) is 4.11. The highest BCUT2D eigenvalue weighted by atomic mass is 16.5. The molecule has 0 aliphatic carbocycles. The lowest BCUT2D eigenvalue weighted by Gasteiger charge is -2.12. The van der Waals surface area contributed by atoms with Crippen molar-refractivity contribution in [2.75, 3.05) is 30.8 Å². The molecule has 1 aromatic carbocycles. The van der Waals surface area contributed by atoms with Crippen molar-refractivity contribution in [1.29, 1.82) is 0 Å². The first-order valence-electron chi connectivity index (χ1n) is 6.62. The molecule has 0 saturated carbocycles. The van der Waals surface area contributed by atoms with Crippen LogP contribution in [0.1, 0.15) is 13.8 Å². The topological polar surface area (TPSA) is 60.2 Å². The van der Waals surface area contributed by atoms with Crippen LogP contribution in [0.2, 0.25) is 0 Å². The van der Waals surface area contributed by atoms with Crippen LogP contribution >= 0.6 is 0 Å². The summed E-state index contributed by atoms with van der Waals surface area (Å²) < 4.78 is 5.55. The third kappa shape index (κ3) is 3.58. The summed E-state index contributed by atoms with van der Waals surface area (Å²) in [5.41, 5.74) is 7.77. The number of benzene rings is 1. The van der Waals surface area contributed by atoms with Gasteiger partial charge in [0.15, 0.2) is 0 Å². The molecule has 0 fully saturated rings. The molecule has 0 bridgehead atoms. The molecule has 102 valence electrons. The van der Waals surface area contributed by atoms with Gasteiger partial charge in [-0.15, -0.1) is 0 Å². The van der Waals surface area contributed by atoms with Crippen LogP contribution in [-0.4, -0.2) is 24.7 Å². The Labute approximate surface area is 114 Å². The maximum atomic E-state index is 5.94. The molecule has 0 amide bonds. The summed E-state index contributed by atoms with van der Waals surface area (Å²) in [6.07, 6.45) is 3.58. The fourth-order valence-corrected chi connectivity index (χ4v) is 1.94. The molecule has 1 heterocycles. The zero-order chi connectivity index (χ0) is 13.7. The molecule has 4 nitrogen and oxygen atoms in total. The van der Waals surface area contributed by atoms with Gasteiger partial charge in [-0.25, -0.2) is 0 Å². The Morgan fingerprint density at radius 3 is 2.89 bits per heavy atom. The molecule has 0 unspecified atom stereocenters. The minimum Gasteiger partial charge on any atom is -0.398 e. The Morgan fingerprint density at radius 1 is 1.26 bits per heavy atom. The minimum atomic E-state index is 0.573. The number of rotatable bonds is 6. The van der Waals surface area contributed by atoms with Gasteiger partial charge in [0.2, 0.25) is 0 Å². The second kappa shape index (κ2) is 6.38. The number of nitrogens with one attached hydrogen (secondary N) is 1. The maximum Gasteiger partial charge on any atom is 0.0639 e. The third-order valence-corrected chi connectivity index (χ3v) is 2.86. The van der Waals surface area contributed by atoms with Gasteiger partial charge in [-0.3, -0.25) is 4.98 Å². The van der Waals surface area contributed by atoms with Crippen molar-refractivity contribution in [2.45, 2.75) is 13.8 Å². The van der Waals surface area contributed by atoms with E-state index in [-0.39, 0.29) is 0 Å². The molecule has 0 aliphatic heterocycles. The summed E-state index contributed by atoms with van der Waals surface area (Å²) in [7, 11) is 0. The summed E-state index contributed by atoms with van der Waals surface area (Å²) in [5.74, 6) is 0.573. The first-order chi connectivity index (χ1) is 9.18. The third-order valence-electron chi connectivity index (χ3n) is 2.86. The standard InChI is InChI=1S/C15H21N3O/c1-11(2)10-19-8-7-18-15-4-3-14(16)13-9-17-6-5-12(13)15/h3-6,9,11,18H,7-8,10,16H2,1-2H3. The molecule has 3 N–H and O–H groups in total. The minimum absolute atomic E-state index is 0.573. The predicted octanol–water partition coefficient (Wildman–Crippen LogP) is 2.90. The molecule has 0 radical (unpaired) electrons. The number of anilines is 2. The van der Waals surface area contributed by atoms with Gasteiger partial charge in [-0.2, -0.15) is 0 Å². The number of fused-ring (bicyclic) bond motifs is 1. The highest BCUT2D eigenvalue weighted by Gasteiger charge is 2.03. The zero-order valence-corrected chi connectivity index (χ0v) is 11.5. The molecule has 2 rings (SSSR count). The van der Waals surface area contributed by atoms with Gasteiger partial charge in [0.05, 0.1) is 6.61 Å². The van der Waals surface area contributed by atoms with Gasteiger partial charge in [-0.1, -0.05) is 13.8 Å². The van der Waals surface area contributed by atoms with E-state index in [4.69, 9.17) is 10.5 Å². The van der Waals surface area contributed by atoms with Crippen LogP contribution in [0.3, 0.4) is 0 Å². The smallest absolute Gasteiger partial charge is 0.0639 e. The lowest BCUT2D eigenvalue weighted by Crippen LogP contribution is -2.12. The van der Waals surface area contributed by atoms with Crippen LogP contribution < -0.4 is 11.1 Å². The highest BCUT2D eigenvalue weighted by molar-refractivity contribution is 6.00. The van der Waals surface area contributed by atoms with E-state index in [0.717, 1.165) is 35.3 Å². The largest absolute Gasteiger partial charge is 0.398 e. The number of pyridine rings is 1. The number of nitrogen functional groups attached to an aromatic ring is 1. The molecular weight excluding hydrogens is 238 g/mol. The van der Waals surface area contributed by atoms with Crippen LogP contribution in [0.25, 0.3) is 10.8 Å². The van der Waals surface area contributed by atoms with Crippen LogP contribution in [0.5, 0.6) is 0 Å². The maximum absolute atomic E-state index is 5.94. The van der Waals surface area contributed by atoms with Gasteiger partial charge in [0, 0.05) is 47.7 Å². The van der Waals surface area contributed by atoms with E-state index in [2.05, 4.69) is 24.1 Å². The van der Waals surface area contributed by atoms with Crippen LogP contribution in [0.4, 0.5) is 11.4 Å². The van der Waals surface area contributed by atoms with E-state index in [9.17, 15) is 0 Å². The quantitative estimate of drug-likeness (QED) is 0.618. The Balaban J connectivity index is 1.99. The van der Waals surface area contributed by atoms with Crippen molar-refractivity contribution >= 4 is 22.1 Å². The second-order valence-corrected chi connectivity index (χ2v) is 5.02. The SMILES string of the molecule is CC(C)COCCNc1ccc(N)c2cnccc12. The fourth-order valence-electron chi connectivity index (χ4n) is 1.94. The number of hydrogen-bond acceptors (Lipinski definition) is 4. The molecule has 1 aromatic heterocycles. The molecule has 0 spiro atoms. The van der Waals surface area contributed by atoms with E-state index >= 15 is 0 Å². The van der Waals surface area contributed by atoms with Crippen molar-refractivity contribution in [3.8, 4) is 0 Å². The summed E-state index contributed by atoms with van der Waals surface area (Å²) in [6, 6.07) is 5.88. The Hall–Kier alpha value is -1.81. The first kappa shape index (κ1) is 13.6.